The average molecular weight is 292 g/mol. The van der Waals surface area contributed by atoms with Gasteiger partial charge in [0.25, 0.3) is 0 Å². The van der Waals surface area contributed by atoms with Crippen LogP contribution in [0, 0.1) is 0 Å². The fourth-order valence-corrected chi connectivity index (χ4v) is 3.10. The summed E-state index contributed by atoms with van der Waals surface area (Å²) >= 11 is 0. The zero-order chi connectivity index (χ0) is 14.4. The summed E-state index contributed by atoms with van der Waals surface area (Å²) in [6.45, 7) is 0.356. The maximum atomic E-state index is 11.9. The summed E-state index contributed by atoms with van der Waals surface area (Å²) in [5, 5.41) is 0. The molecule has 2 aromatic rings. The van der Waals surface area contributed by atoms with E-state index in [2.05, 4.69) is 4.72 Å². The van der Waals surface area contributed by atoms with E-state index in [4.69, 9.17) is 0 Å². The monoisotopic (exact) mass is 292 g/mol. The molecule has 1 aromatic heterocycles. The van der Waals surface area contributed by atoms with Gasteiger partial charge in [-0.2, -0.15) is 0 Å². The van der Waals surface area contributed by atoms with Crippen molar-refractivity contribution in [2.24, 2.45) is 7.05 Å². The van der Waals surface area contributed by atoms with Crippen LogP contribution in [0.25, 0.3) is 0 Å². The fraction of sp³-hybridized carbons (Fsp3) is 0.333. The first-order chi connectivity index (χ1) is 9.55. The zero-order valence-corrected chi connectivity index (χ0v) is 12.4. The number of aromatic nitrogens is 1. The predicted molar refractivity (Wildman–Crippen MR) is 80.8 cm³/mol. The van der Waals surface area contributed by atoms with Crippen LogP contribution in [0.15, 0.2) is 48.8 Å². The second kappa shape index (κ2) is 6.72. The minimum Gasteiger partial charge on any atom is -0.357 e. The molecule has 0 aliphatic heterocycles. The molecule has 0 fully saturated rings. The van der Waals surface area contributed by atoms with E-state index in [1.165, 1.54) is 5.56 Å². The highest BCUT2D eigenvalue weighted by Crippen LogP contribution is 2.05. The van der Waals surface area contributed by atoms with Crippen molar-refractivity contribution >= 4 is 10.0 Å². The lowest BCUT2D eigenvalue weighted by Gasteiger charge is -2.06. The second-order valence-corrected chi connectivity index (χ2v) is 6.84. The van der Waals surface area contributed by atoms with Gasteiger partial charge in [0.1, 0.15) is 0 Å². The van der Waals surface area contributed by atoms with E-state index in [9.17, 15) is 8.42 Å². The molecule has 5 heteroatoms. The van der Waals surface area contributed by atoms with Crippen molar-refractivity contribution in [2.45, 2.75) is 19.4 Å². The molecule has 0 unspecified atom stereocenters. The maximum absolute atomic E-state index is 11.9. The first kappa shape index (κ1) is 14.8. The molecule has 1 heterocycles. The van der Waals surface area contributed by atoms with Gasteiger partial charge in [-0.15, -0.1) is 0 Å². The van der Waals surface area contributed by atoms with Crippen LogP contribution >= 0.6 is 0 Å². The Morgan fingerprint density at radius 1 is 1.10 bits per heavy atom. The number of hydrogen-bond donors (Lipinski definition) is 1. The standard InChI is InChI=1S/C15H20N2O2S/c1-17-10-9-15(13-17)12-16-20(18,19)11-5-8-14-6-3-2-4-7-14/h2-4,6-7,9-10,13,16H,5,8,11-12H2,1H3. The SMILES string of the molecule is Cn1ccc(CNS(=O)(=O)CCCc2ccccc2)c1. The number of nitrogens with zero attached hydrogens (tertiary/aromatic N) is 1. The van der Waals surface area contributed by atoms with Crippen molar-refractivity contribution in [2.75, 3.05) is 5.75 Å². The van der Waals surface area contributed by atoms with Gasteiger partial charge < -0.3 is 4.57 Å². The van der Waals surface area contributed by atoms with Crippen molar-refractivity contribution < 1.29 is 8.42 Å². The van der Waals surface area contributed by atoms with Crippen LogP contribution in [0.2, 0.25) is 0 Å². The van der Waals surface area contributed by atoms with Gasteiger partial charge in [-0.1, -0.05) is 30.3 Å². The van der Waals surface area contributed by atoms with Crippen LogP contribution in [0.4, 0.5) is 0 Å². The van der Waals surface area contributed by atoms with Gasteiger partial charge in [-0.25, -0.2) is 13.1 Å². The highest BCUT2D eigenvalue weighted by Gasteiger charge is 2.10. The maximum Gasteiger partial charge on any atom is 0.211 e. The lowest BCUT2D eigenvalue weighted by molar-refractivity contribution is 0.578. The molecule has 1 aromatic carbocycles. The van der Waals surface area contributed by atoms with E-state index >= 15 is 0 Å². The van der Waals surface area contributed by atoms with Crippen LogP contribution in [0.1, 0.15) is 17.5 Å². The molecule has 0 aliphatic rings. The smallest absolute Gasteiger partial charge is 0.211 e. The first-order valence-electron chi connectivity index (χ1n) is 6.67. The zero-order valence-electron chi connectivity index (χ0n) is 11.6. The molecule has 0 saturated carbocycles. The van der Waals surface area contributed by atoms with Crippen molar-refractivity contribution in [1.29, 1.82) is 0 Å². The molecule has 20 heavy (non-hydrogen) atoms. The number of rotatable bonds is 7. The molecular weight excluding hydrogens is 272 g/mol. The Labute approximate surface area is 120 Å². The van der Waals surface area contributed by atoms with E-state index in [1.807, 2.05) is 60.4 Å². The number of benzene rings is 1. The molecule has 0 spiro atoms. The molecule has 0 radical (unpaired) electrons. The quantitative estimate of drug-likeness (QED) is 0.849. The Kier molecular flexibility index (Phi) is 4.98. The van der Waals surface area contributed by atoms with Gasteiger partial charge in [-0.05, 0) is 30.0 Å². The number of hydrogen-bond acceptors (Lipinski definition) is 2. The van der Waals surface area contributed by atoms with Crippen molar-refractivity contribution in [1.82, 2.24) is 9.29 Å². The third-order valence-electron chi connectivity index (χ3n) is 3.11. The summed E-state index contributed by atoms with van der Waals surface area (Å²) in [6.07, 6.45) is 5.23. The summed E-state index contributed by atoms with van der Waals surface area (Å²) in [5.74, 6) is 0.161. The number of aryl methyl sites for hydroxylation is 2. The molecule has 0 saturated heterocycles. The van der Waals surface area contributed by atoms with Crippen LogP contribution in [-0.2, 0) is 30.0 Å². The lowest BCUT2D eigenvalue weighted by Crippen LogP contribution is -2.26. The molecule has 4 nitrogen and oxygen atoms in total. The van der Waals surface area contributed by atoms with Crippen molar-refractivity contribution in [3.63, 3.8) is 0 Å². The van der Waals surface area contributed by atoms with Gasteiger partial charge in [-0.3, -0.25) is 0 Å². The Morgan fingerprint density at radius 2 is 1.85 bits per heavy atom. The van der Waals surface area contributed by atoms with E-state index in [1.54, 1.807) is 0 Å². The highest BCUT2D eigenvalue weighted by molar-refractivity contribution is 7.89. The van der Waals surface area contributed by atoms with Gasteiger partial charge >= 0.3 is 0 Å². The summed E-state index contributed by atoms with van der Waals surface area (Å²) in [7, 11) is -1.29. The third kappa shape index (κ3) is 4.83. The topological polar surface area (TPSA) is 51.1 Å². The van der Waals surface area contributed by atoms with Crippen molar-refractivity contribution in [3.05, 3.63) is 59.9 Å². The second-order valence-electron chi connectivity index (χ2n) is 4.91. The Hall–Kier alpha value is -1.59. The van der Waals surface area contributed by atoms with Gasteiger partial charge in [0.2, 0.25) is 10.0 Å². The van der Waals surface area contributed by atoms with E-state index in [0.717, 1.165) is 12.0 Å². The Morgan fingerprint density at radius 3 is 2.50 bits per heavy atom. The van der Waals surface area contributed by atoms with Gasteiger partial charge in [0.15, 0.2) is 0 Å². The molecule has 108 valence electrons. The van der Waals surface area contributed by atoms with Crippen LogP contribution in [-0.4, -0.2) is 18.7 Å². The normalized spacial score (nSPS) is 11.7. The lowest BCUT2D eigenvalue weighted by atomic mass is 10.1. The van der Waals surface area contributed by atoms with E-state index < -0.39 is 10.0 Å². The first-order valence-corrected chi connectivity index (χ1v) is 8.32. The fourth-order valence-electron chi connectivity index (χ4n) is 2.04. The third-order valence-corrected chi connectivity index (χ3v) is 4.52. The Bertz CT molecular complexity index is 633. The summed E-state index contributed by atoms with van der Waals surface area (Å²) < 4.78 is 28.3. The average Bonchev–Trinajstić information content (AvgIpc) is 2.84. The molecule has 2 rings (SSSR count). The van der Waals surface area contributed by atoms with E-state index in [-0.39, 0.29) is 5.75 Å². The molecular formula is C15H20N2O2S. The molecule has 0 aliphatic carbocycles. The summed E-state index contributed by atoms with van der Waals surface area (Å²) in [5.41, 5.74) is 2.14. The Balaban J connectivity index is 1.76. The molecule has 0 atom stereocenters. The summed E-state index contributed by atoms with van der Waals surface area (Å²) in [6, 6.07) is 11.8. The molecule has 0 amide bonds. The van der Waals surface area contributed by atoms with Crippen LogP contribution in [0.5, 0.6) is 0 Å². The van der Waals surface area contributed by atoms with Gasteiger partial charge in [0, 0.05) is 26.0 Å². The highest BCUT2D eigenvalue weighted by atomic mass is 32.2. The molecule has 1 N–H and O–H groups in total. The van der Waals surface area contributed by atoms with Crippen LogP contribution < -0.4 is 4.72 Å². The van der Waals surface area contributed by atoms with E-state index in [0.29, 0.717) is 13.0 Å². The van der Waals surface area contributed by atoms with Crippen LogP contribution in [0.3, 0.4) is 0 Å². The molecule has 0 bridgehead atoms. The minimum absolute atomic E-state index is 0.161. The van der Waals surface area contributed by atoms with Gasteiger partial charge in [0.05, 0.1) is 5.75 Å². The number of nitrogens with one attached hydrogen (secondary N) is 1. The van der Waals surface area contributed by atoms with Crippen molar-refractivity contribution in [3.8, 4) is 0 Å². The summed E-state index contributed by atoms with van der Waals surface area (Å²) in [4.78, 5) is 0. The largest absolute Gasteiger partial charge is 0.357 e. The predicted octanol–water partition coefficient (Wildman–Crippen LogP) is 2.08. The number of sulfonamides is 1. The minimum atomic E-state index is -3.20.